The zero-order valence-electron chi connectivity index (χ0n) is 11.3. The summed E-state index contributed by atoms with van der Waals surface area (Å²) < 4.78 is 9.93. The molecule has 2 fully saturated rings. The number of urea groups is 2. The molecule has 0 radical (unpaired) electrons. The molecule has 0 aliphatic carbocycles. The van der Waals surface area contributed by atoms with Crippen molar-refractivity contribution < 1.29 is 29.3 Å². The second kappa shape index (κ2) is 5.79. The summed E-state index contributed by atoms with van der Waals surface area (Å²) >= 11 is 0. The third-order valence-corrected chi connectivity index (χ3v) is 3.37. The number of amides is 4. The van der Waals surface area contributed by atoms with Crippen molar-refractivity contribution in [1.29, 1.82) is 0 Å². The van der Waals surface area contributed by atoms with Crippen LogP contribution in [0.5, 0.6) is 0 Å². The molecule has 2 atom stereocenters. The highest BCUT2D eigenvalue weighted by atomic mass is 16.5. The predicted octanol–water partition coefficient (Wildman–Crippen LogP) is -1.78. The van der Waals surface area contributed by atoms with Crippen LogP contribution in [0.4, 0.5) is 9.59 Å². The van der Waals surface area contributed by atoms with Crippen LogP contribution in [-0.4, -0.2) is 95.3 Å². The number of fused-ring (bicyclic) bond motifs is 1. The molecule has 0 spiro atoms. The van der Waals surface area contributed by atoms with Crippen molar-refractivity contribution in [2.24, 2.45) is 0 Å². The second-order valence-corrected chi connectivity index (χ2v) is 4.39. The van der Waals surface area contributed by atoms with E-state index in [0.717, 1.165) is 9.80 Å². The van der Waals surface area contributed by atoms with Gasteiger partial charge < -0.3 is 19.7 Å². The van der Waals surface area contributed by atoms with Gasteiger partial charge in [-0.3, -0.25) is 19.6 Å². The molecule has 114 valence electrons. The van der Waals surface area contributed by atoms with Gasteiger partial charge in [0, 0.05) is 14.2 Å². The van der Waals surface area contributed by atoms with Gasteiger partial charge in [0.1, 0.15) is 26.9 Å². The molecule has 0 aromatic rings. The van der Waals surface area contributed by atoms with E-state index < -0.39 is 37.9 Å². The smallest absolute Gasteiger partial charge is 0.327 e. The number of aliphatic hydroxyl groups excluding tert-OH is 2. The lowest BCUT2D eigenvalue weighted by Gasteiger charge is -2.27. The van der Waals surface area contributed by atoms with Crippen LogP contribution in [-0.2, 0) is 9.47 Å². The Labute approximate surface area is 115 Å². The van der Waals surface area contributed by atoms with Gasteiger partial charge in [-0.25, -0.2) is 9.59 Å². The van der Waals surface area contributed by atoms with Crippen molar-refractivity contribution >= 4 is 12.1 Å². The first-order valence-corrected chi connectivity index (χ1v) is 5.96. The first-order chi connectivity index (χ1) is 9.62. The molecule has 2 rings (SSSR count). The number of carbonyl (C=O) groups is 2. The Balaban J connectivity index is 2.37. The Hall–Kier alpha value is -1.62. The first kappa shape index (κ1) is 14.8. The number of rotatable bonds is 6. The number of hydrogen-bond donors (Lipinski definition) is 2. The lowest BCUT2D eigenvalue weighted by atomic mass is 10.3. The third kappa shape index (κ3) is 1.97. The van der Waals surface area contributed by atoms with E-state index in [1.54, 1.807) is 0 Å². The molecule has 0 aromatic carbocycles. The highest BCUT2D eigenvalue weighted by molar-refractivity contribution is 5.84. The SMILES string of the molecule is COCN1C(=O)N(COC)C2C1N(CO)C(=O)N2CO. The van der Waals surface area contributed by atoms with Crippen LogP contribution in [0, 0.1) is 0 Å². The van der Waals surface area contributed by atoms with Crippen LogP contribution in [0.1, 0.15) is 0 Å². The normalized spacial score (nSPS) is 26.0. The number of aliphatic hydroxyl groups is 2. The summed E-state index contributed by atoms with van der Waals surface area (Å²) in [4.78, 5) is 29.1. The van der Waals surface area contributed by atoms with Crippen LogP contribution >= 0.6 is 0 Å². The highest BCUT2D eigenvalue weighted by Crippen LogP contribution is 2.34. The number of hydrogen-bond acceptors (Lipinski definition) is 6. The second-order valence-electron chi connectivity index (χ2n) is 4.39. The van der Waals surface area contributed by atoms with Crippen molar-refractivity contribution in [2.45, 2.75) is 12.3 Å². The fraction of sp³-hybridized carbons (Fsp3) is 0.800. The lowest BCUT2D eigenvalue weighted by molar-refractivity contribution is -0.00176. The maximum atomic E-state index is 12.3. The molecule has 2 heterocycles. The van der Waals surface area contributed by atoms with Gasteiger partial charge in [-0.05, 0) is 0 Å². The summed E-state index contributed by atoms with van der Waals surface area (Å²) in [5, 5.41) is 18.7. The Morgan fingerprint density at radius 1 is 0.850 bits per heavy atom. The molecule has 0 saturated carbocycles. The zero-order chi connectivity index (χ0) is 14.9. The molecule has 0 bridgehead atoms. The van der Waals surface area contributed by atoms with Crippen LogP contribution < -0.4 is 0 Å². The molecule has 2 N–H and O–H groups in total. The van der Waals surface area contributed by atoms with Crippen molar-refractivity contribution in [2.75, 3.05) is 41.1 Å². The highest BCUT2D eigenvalue weighted by Gasteiger charge is 2.58. The predicted molar refractivity (Wildman–Crippen MR) is 63.6 cm³/mol. The summed E-state index contributed by atoms with van der Waals surface area (Å²) in [5.41, 5.74) is 0. The quantitative estimate of drug-likeness (QED) is 0.599. The number of nitrogens with zero attached hydrogens (tertiary/aromatic N) is 4. The van der Waals surface area contributed by atoms with E-state index in [1.807, 2.05) is 0 Å². The van der Waals surface area contributed by atoms with Gasteiger partial charge in [0.2, 0.25) is 0 Å². The standard InChI is InChI=1S/C10H18N4O6/c1-19-5-13-7-8(14(6-20-2)10(13)18)12(4-16)9(17)11(7)3-15/h7-8,15-16H,3-6H2,1-2H3. The fourth-order valence-electron chi connectivity index (χ4n) is 2.59. The Morgan fingerprint density at radius 2 is 1.20 bits per heavy atom. The van der Waals surface area contributed by atoms with Gasteiger partial charge in [0.05, 0.1) is 0 Å². The summed E-state index contributed by atoms with van der Waals surface area (Å²) in [6.07, 6.45) is -1.47. The summed E-state index contributed by atoms with van der Waals surface area (Å²) in [6.45, 7) is -1.21. The summed E-state index contributed by atoms with van der Waals surface area (Å²) in [7, 11) is 2.84. The summed E-state index contributed by atoms with van der Waals surface area (Å²) in [6, 6.07) is -0.951. The van der Waals surface area contributed by atoms with Gasteiger partial charge in [0.25, 0.3) is 0 Å². The number of ether oxygens (including phenoxy) is 2. The van der Waals surface area contributed by atoms with E-state index in [1.165, 1.54) is 24.0 Å². The summed E-state index contributed by atoms with van der Waals surface area (Å²) in [5.74, 6) is 0. The van der Waals surface area contributed by atoms with Gasteiger partial charge in [-0.2, -0.15) is 0 Å². The molecular weight excluding hydrogens is 272 g/mol. The number of methoxy groups -OCH3 is 2. The van der Waals surface area contributed by atoms with E-state index in [2.05, 4.69) is 0 Å². The number of carbonyl (C=O) groups excluding carboxylic acids is 2. The van der Waals surface area contributed by atoms with Crippen LogP contribution in [0.2, 0.25) is 0 Å². The van der Waals surface area contributed by atoms with E-state index in [9.17, 15) is 19.8 Å². The minimum absolute atomic E-state index is 0.0384. The average molecular weight is 290 g/mol. The van der Waals surface area contributed by atoms with Crippen LogP contribution in [0.3, 0.4) is 0 Å². The Bertz CT molecular complexity index is 362. The third-order valence-electron chi connectivity index (χ3n) is 3.37. The lowest BCUT2D eigenvalue weighted by Crippen LogP contribution is -2.47. The first-order valence-electron chi connectivity index (χ1n) is 5.96. The van der Waals surface area contributed by atoms with E-state index in [-0.39, 0.29) is 13.5 Å². The molecule has 20 heavy (non-hydrogen) atoms. The van der Waals surface area contributed by atoms with E-state index in [4.69, 9.17) is 9.47 Å². The maximum absolute atomic E-state index is 12.3. The molecular formula is C10H18N4O6. The Morgan fingerprint density at radius 3 is 1.50 bits per heavy atom. The van der Waals surface area contributed by atoms with Crippen molar-refractivity contribution in [1.82, 2.24) is 19.6 Å². The molecule has 0 aromatic heterocycles. The van der Waals surface area contributed by atoms with Gasteiger partial charge >= 0.3 is 12.1 Å². The fourth-order valence-corrected chi connectivity index (χ4v) is 2.59. The van der Waals surface area contributed by atoms with E-state index in [0.29, 0.717) is 0 Å². The van der Waals surface area contributed by atoms with Crippen molar-refractivity contribution in [3.63, 3.8) is 0 Å². The molecule has 10 heteroatoms. The molecule has 2 aliphatic heterocycles. The molecule has 2 saturated heterocycles. The van der Waals surface area contributed by atoms with Crippen LogP contribution in [0.25, 0.3) is 0 Å². The maximum Gasteiger partial charge on any atom is 0.327 e. The van der Waals surface area contributed by atoms with Gasteiger partial charge in [-0.15, -0.1) is 0 Å². The molecule has 2 unspecified atom stereocenters. The minimum atomic E-state index is -0.734. The van der Waals surface area contributed by atoms with Crippen molar-refractivity contribution in [3.8, 4) is 0 Å². The average Bonchev–Trinajstić information content (AvgIpc) is 2.85. The van der Waals surface area contributed by atoms with Crippen LogP contribution in [0.15, 0.2) is 0 Å². The van der Waals surface area contributed by atoms with E-state index >= 15 is 0 Å². The van der Waals surface area contributed by atoms with Gasteiger partial charge in [-0.1, -0.05) is 0 Å². The molecule has 4 amide bonds. The minimum Gasteiger partial charge on any atom is -0.376 e. The monoisotopic (exact) mass is 290 g/mol. The zero-order valence-corrected chi connectivity index (χ0v) is 11.3. The molecule has 10 nitrogen and oxygen atoms in total. The van der Waals surface area contributed by atoms with Crippen molar-refractivity contribution in [3.05, 3.63) is 0 Å². The Kier molecular flexibility index (Phi) is 4.28. The van der Waals surface area contributed by atoms with Gasteiger partial charge in [0.15, 0.2) is 12.3 Å². The molecule has 2 aliphatic rings. The topological polar surface area (TPSA) is 106 Å². The largest absolute Gasteiger partial charge is 0.376 e.